The van der Waals surface area contributed by atoms with Crippen LogP contribution in [0.5, 0.6) is 17.2 Å². The van der Waals surface area contributed by atoms with E-state index in [0.717, 1.165) is 0 Å². The minimum absolute atomic E-state index is 0.00877. The molecule has 1 N–H and O–H groups in total. The van der Waals surface area contributed by atoms with E-state index in [2.05, 4.69) is 0 Å². The predicted octanol–water partition coefficient (Wildman–Crippen LogP) is 3.09. The van der Waals surface area contributed by atoms with Gasteiger partial charge >= 0.3 is 0 Å². The van der Waals surface area contributed by atoms with Crippen LogP contribution in [-0.4, -0.2) is 74.6 Å². The van der Waals surface area contributed by atoms with Gasteiger partial charge in [-0.2, -0.15) is 0 Å². The van der Waals surface area contributed by atoms with Gasteiger partial charge in [-0.25, -0.2) is 0 Å². The third-order valence-corrected chi connectivity index (χ3v) is 5.49. The lowest BCUT2D eigenvalue weighted by Gasteiger charge is -2.27. The van der Waals surface area contributed by atoms with E-state index >= 15 is 0 Å². The number of rotatable bonds is 9. The molecule has 8 heteroatoms. The fourth-order valence-corrected chi connectivity index (χ4v) is 3.88. The molecule has 1 saturated heterocycles. The first-order chi connectivity index (χ1) is 15.8. The first-order valence-electron chi connectivity index (χ1n) is 10.7. The van der Waals surface area contributed by atoms with Gasteiger partial charge < -0.3 is 29.1 Å². The van der Waals surface area contributed by atoms with Crippen molar-refractivity contribution in [1.82, 2.24) is 9.80 Å². The number of amides is 1. The van der Waals surface area contributed by atoms with Crippen LogP contribution in [-0.2, 0) is 9.59 Å². The highest BCUT2D eigenvalue weighted by Crippen LogP contribution is 2.42. The number of Topliss-reactive ketones (excluding diaryl/α,β-unsaturated/α-hetero) is 1. The molecule has 1 atom stereocenters. The number of aliphatic hydroxyl groups is 1. The number of benzene rings is 2. The second-order valence-corrected chi connectivity index (χ2v) is 7.84. The molecule has 8 nitrogen and oxygen atoms in total. The van der Waals surface area contributed by atoms with Crippen molar-refractivity contribution >= 4 is 17.4 Å². The molecule has 1 heterocycles. The second kappa shape index (κ2) is 10.4. The van der Waals surface area contributed by atoms with Crippen molar-refractivity contribution in [2.75, 3.05) is 48.0 Å². The summed E-state index contributed by atoms with van der Waals surface area (Å²) in [5, 5.41) is 11.2. The zero-order valence-corrected chi connectivity index (χ0v) is 19.6. The lowest BCUT2D eigenvalue weighted by molar-refractivity contribution is -0.140. The third-order valence-electron chi connectivity index (χ3n) is 5.49. The number of hydrogen-bond donors (Lipinski definition) is 1. The largest absolute Gasteiger partial charge is 0.507 e. The average Bonchev–Trinajstić information content (AvgIpc) is 3.07. The second-order valence-electron chi connectivity index (χ2n) is 7.84. The van der Waals surface area contributed by atoms with Gasteiger partial charge in [0.15, 0.2) is 11.5 Å². The molecule has 176 valence electrons. The quantitative estimate of drug-likeness (QED) is 0.354. The summed E-state index contributed by atoms with van der Waals surface area (Å²) < 4.78 is 16.5. The summed E-state index contributed by atoms with van der Waals surface area (Å²) in [5.41, 5.74) is 0.979. The number of hydrogen-bond acceptors (Lipinski definition) is 7. The minimum Gasteiger partial charge on any atom is -0.507 e. The Kier molecular flexibility index (Phi) is 7.60. The summed E-state index contributed by atoms with van der Waals surface area (Å²) >= 11 is 0. The maximum absolute atomic E-state index is 13.2. The Bertz CT molecular complexity index is 1060. The molecule has 2 aromatic rings. The van der Waals surface area contributed by atoms with E-state index in [-0.39, 0.29) is 11.3 Å². The normalized spacial score (nSPS) is 17.5. The molecule has 1 unspecified atom stereocenters. The molecule has 1 aliphatic heterocycles. The van der Waals surface area contributed by atoms with Crippen LogP contribution < -0.4 is 14.2 Å². The van der Waals surface area contributed by atoms with Crippen molar-refractivity contribution in [2.24, 2.45) is 0 Å². The monoisotopic (exact) mass is 454 g/mol. The summed E-state index contributed by atoms with van der Waals surface area (Å²) in [6, 6.07) is 11.3. The van der Waals surface area contributed by atoms with E-state index in [1.165, 1.54) is 19.1 Å². The van der Waals surface area contributed by atoms with Crippen LogP contribution in [0.3, 0.4) is 0 Å². The van der Waals surface area contributed by atoms with Gasteiger partial charge in [-0.05, 0) is 50.8 Å². The van der Waals surface area contributed by atoms with Crippen molar-refractivity contribution in [3.8, 4) is 17.2 Å². The average molecular weight is 455 g/mol. The number of likely N-dealkylation sites (tertiary alicyclic amines) is 1. The molecule has 0 bridgehead atoms. The maximum atomic E-state index is 13.2. The van der Waals surface area contributed by atoms with Gasteiger partial charge in [0.05, 0.1) is 38.0 Å². The number of carbonyl (C=O) groups is 2. The molecule has 1 fully saturated rings. The standard InChI is InChI=1S/C25H30N2O6/c1-6-33-19-12-11-16(15-20(19)32-5)22-21(23(28)17-9-7-8-10-18(17)31-4)24(29)25(30)27(22)14-13-26(2)3/h7-12,15,22,28H,6,13-14H2,1-5H3/b23-21+. The lowest BCUT2D eigenvalue weighted by Crippen LogP contribution is -2.35. The minimum atomic E-state index is -0.792. The fourth-order valence-electron chi connectivity index (χ4n) is 3.88. The Morgan fingerprint density at radius 1 is 1.03 bits per heavy atom. The van der Waals surface area contributed by atoms with Crippen molar-refractivity contribution < 1.29 is 28.9 Å². The molecule has 33 heavy (non-hydrogen) atoms. The summed E-state index contributed by atoms with van der Waals surface area (Å²) in [7, 11) is 6.79. The zero-order chi connectivity index (χ0) is 24.1. The fraction of sp³-hybridized carbons (Fsp3) is 0.360. The Balaban J connectivity index is 2.21. The Labute approximate surface area is 194 Å². The summed E-state index contributed by atoms with van der Waals surface area (Å²) in [4.78, 5) is 29.6. The number of likely N-dealkylation sites (N-methyl/N-ethyl adjacent to an activating group) is 1. The van der Waals surface area contributed by atoms with E-state index in [9.17, 15) is 14.7 Å². The van der Waals surface area contributed by atoms with Gasteiger partial charge in [0.25, 0.3) is 11.7 Å². The molecule has 1 amide bonds. The third kappa shape index (κ3) is 4.80. The summed E-state index contributed by atoms with van der Waals surface area (Å²) in [5.74, 6) is -0.252. The van der Waals surface area contributed by atoms with Gasteiger partial charge in [-0.1, -0.05) is 18.2 Å². The number of aliphatic hydroxyl groups excluding tert-OH is 1. The van der Waals surface area contributed by atoms with Crippen LogP contribution in [0.2, 0.25) is 0 Å². The van der Waals surface area contributed by atoms with Crippen molar-refractivity contribution in [3.63, 3.8) is 0 Å². The van der Waals surface area contributed by atoms with Gasteiger partial charge in [-0.3, -0.25) is 9.59 Å². The van der Waals surface area contributed by atoms with Crippen LogP contribution in [0.15, 0.2) is 48.0 Å². The highest BCUT2D eigenvalue weighted by Gasteiger charge is 2.46. The van der Waals surface area contributed by atoms with E-state index in [1.54, 1.807) is 42.5 Å². The van der Waals surface area contributed by atoms with Crippen LogP contribution in [0.25, 0.3) is 5.76 Å². The molecule has 0 aliphatic carbocycles. The zero-order valence-electron chi connectivity index (χ0n) is 19.6. The summed E-state index contributed by atoms with van der Waals surface area (Å²) in [6.45, 7) is 3.19. The number of ketones is 1. The highest BCUT2D eigenvalue weighted by atomic mass is 16.5. The van der Waals surface area contributed by atoms with Gasteiger partial charge in [0.2, 0.25) is 0 Å². The van der Waals surface area contributed by atoms with Gasteiger partial charge in [0, 0.05) is 13.1 Å². The number of para-hydroxylation sites is 1. The summed E-state index contributed by atoms with van der Waals surface area (Å²) in [6.07, 6.45) is 0. The maximum Gasteiger partial charge on any atom is 0.295 e. The van der Waals surface area contributed by atoms with Crippen LogP contribution in [0.4, 0.5) is 0 Å². The molecule has 0 radical (unpaired) electrons. The first kappa shape index (κ1) is 24.1. The topological polar surface area (TPSA) is 88.5 Å². The molecule has 1 aliphatic rings. The van der Waals surface area contributed by atoms with Crippen molar-refractivity contribution in [2.45, 2.75) is 13.0 Å². The highest BCUT2D eigenvalue weighted by molar-refractivity contribution is 6.46. The van der Waals surface area contributed by atoms with Crippen LogP contribution >= 0.6 is 0 Å². The van der Waals surface area contributed by atoms with E-state index in [1.807, 2.05) is 25.9 Å². The van der Waals surface area contributed by atoms with Gasteiger partial charge in [0.1, 0.15) is 11.5 Å². The Hall–Kier alpha value is -3.52. The smallest absolute Gasteiger partial charge is 0.295 e. The molecule has 0 spiro atoms. The van der Waals surface area contributed by atoms with E-state index in [4.69, 9.17) is 14.2 Å². The lowest BCUT2D eigenvalue weighted by atomic mass is 9.94. The molecular formula is C25H30N2O6. The number of nitrogens with zero attached hydrogens (tertiary/aromatic N) is 2. The van der Waals surface area contributed by atoms with Crippen molar-refractivity contribution in [1.29, 1.82) is 0 Å². The first-order valence-corrected chi connectivity index (χ1v) is 10.7. The molecule has 3 rings (SSSR count). The van der Waals surface area contributed by atoms with E-state index < -0.39 is 17.7 Å². The molecule has 0 aromatic heterocycles. The van der Waals surface area contributed by atoms with Crippen LogP contribution in [0, 0.1) is 0 Å². The molecular weight excluding hydrogens is 424 g/mol. The number of ether oxygens (including phenoxy) is 3. The van der Waals surface area contributed by atoms with Gasteiger partial charge in [-0.15, -0.1) is 0 Å². The number of methoxy groups -OCH3 is 2. The van der Waals surface area contributed by atoms with E-state index in [0.29, 0.717) is 48.1 Å². The Morgan fingerprint density at radius 3 is 2.36 bits per heavy atom. The molecule has 2 aromatic carbocycles. The molecule has 0 saturated carbocycles. The SMILES string of the molecule is CCOc1ccc(C2/C(=C(\O)c3ccccc3OC)C(=O)C(=O)N2CCN(C)C)cc1OC. The Morgan fingerprint density at radius 2 is 1.73 bits per heavy atom. The number of carbonyl (C=O) groups excluding carboxylic acids is 2. The van der Waals surface area contributed by atoms with Crippen molar-refractivity contribution in [3.05, 3.63) is 59.2 Å². The predicted molar refractivity (Wildman–Crippen MR) is 125 cm³/mol. The van der Waals surface area contributed by atoms with Crippen LogP contribution in [0.1, 0.15) is 24.1 Å².